The third-order valence-electron chi connectivity index (χ3n) is 7.75. The Hall–Kier alpha value is -2.85. The van der Waals surface area contributed by atoms with E-state index in [-0.39, 0.29) is 5.91 Å². The number of nitrogens with one attached hydrogen (secondary N) is 1. The van der Waals surface area contributed by atoms with E-state index >= 15 is 0 Å². The highest BCUT2D eigenvalue weighted by atomic mass is 16.5. The molecule has 2 aliphatic rings. The third-order valence-corrected chi connectivity index (χ3v) is 7.75. The van der Waals surface area contributed by atoms with Gasteiger partial charge in [0.15, 0.2) is 0 Å². The van der Waals surface area contributed by atoms with E-state index in [1.165, 1.54) is 31.4 Å². The first-order valence-corrected chi connectivity index (χ1v) is 13.4. The van der Waals surface area contributed by atoms with E-state index in [9.17, 15) is 4.79 Å². The van der Waals surface area contributed by atoms with Crippen molar-refractivity contribution in [3.63, 3.8) is 0 Å². The molecular formula is C31H38N2O2. The summed E-state index contributed by atoms with van der Waals surface area (Å²) in [6.07, 6.45) is 8.23. The summed E-state index contributed by atoms with van der Waals surface area (Å²) in [6, 6.07) is 23.0. The summed E-state index contributed by atoms with van der Waals surface area (Å²) < 4.78 is 6.04. The molecule has 2 fully saturated rings. The topological polar surface area (TPSA) is 41.6 Å². The van der Waals surface area contributed by atoms with E-state index in [4.69, 9.17) is 4.74 Å². The van der Waals surface area contributed by atoms with Gasteiger partial charge >= 0.3 is 0 Å². The molecule has 3 aromatic carbocycles. The molecule has 2 aliphatic heterocycles. The summed E-state index contributed by atoms with van der Waals surface area (Å²) in [6.45, 7) is 4.78. The fourth-order valence-electron chi connectivity index (χ4n) is 5.65. The number of nitrogens with zero attached hydrogens (tertiary/aromatic N) is 1. The molecule has 184 valence electrons. The van der Waals surface area contributed by atoms with Crippen molar-refractivity contribution in [1.29, 1.82) is 0 Å². The van der Waals surface area contributed by atoms with Gasteiger partial charge in [0.2, 0.25) is 0 Å². The quantitative estimate of drug-likeness (QED) is 0.405. The Morgan fingerprint density at radius 3 is 2.51 bits per heavy atom. The van der Waals surface area contributed by atoms with Gasteiger partial charge in [-0.2, -0.15) is 0 Å². The van der Waals surface area contributed by atoms with E-state index in [1.807, 2.05) is 23.1 Å². The average Bonchev–Trinajstić information content (AvgIpc) is 2.92. The first-order valence-electron chi connectivity index (χ1n) is 13.4. The normalized spacial score (nSPS) is 19.1. The zero-order chi connectivity index (χ0) is 23.9. The van der Waals surface area contributed by atoms with E-state index in [0.717, 1.165) is 79.9 Å². The number of carbonyl (C=O) groups excluding carboxylic acids is 1. The van der Waals surface area contributed by atoms with Crippen molar-refractivity contribution in [2.24, 2.45) is 11.8 Å². The summed E-state index contributed by atoms with van der Waals surface area (Å²) in [7, 11) is 0. The lowest BCUT2D eigenvalue weighted by molar-refractivity contribution is 0.0690. The Kier molecular flexibility index (Phi) is 7.99. The van der Waals surface area contributed by atoms with Crippen LogP contribution in [0.4, 0.5) is 0 Å². The van der Waals surface area contributed by atoms with Gasteiger partial charge in [-0.3, -0.25) is 4.79 Å². The van der Waals surface area contributed by atoms with Crippen LogP contribution in [0.3, 0.4) is 0 Å². The van der Waals surface area contributed by atoms with Crippen LogP contribution in [0.1, 0.15) is 54.4 Å². The molecule has 35 heavy (non-hydrogen) atoms. The maximum Gasteiger partial charge on any atom is 0.253 e. The molecule has 0 aliphatic carbocycles. The number of likely N-dealkylation sites (tertiary alicyclic amines) is 1. The summed E-state index contributed by atoms with van der Waals surface area (Å²) in [5, 5.41) is 5.70. The Bertz CT molecular complexity index is 1100. The standard InChI is InChI=1S/C31H38N2O2/c34-31(33-17-14-25(15-18-33)20-24-6-2-1-3-7-24)29-11-10-28-22-30(13-12-27(28)21-29)35-19-5-9-26-8-4-16-32-23-26/h1-3,6-7,10-13,21-22,25-26,32H,4-5,8-9,14-20,23H2. The van der Waals surface area contributed by atoms with Gasteiger partial charge in [0, 0.05) is 18.7 Å². The van der Waals surface area contributed by atoms with Gasteiger partial charge in [-0.1, -0.05) is 42.5 Å². The van der Waals surface area contributed by atoms with Gasteiger partial charge in [0.1, 0.15) is 5.75 Å². The number of carbonyl (C=O) groups is 1. The number of hydrogen-bond donors (Lipinski definition) is 1. The van der Waals surface area contributed by atoms with Gasteiger partial charge in [0.25, 0.3) is 5.91 Å². The maximum absolute atomic E-state index is 13.2. The van der Waals surface area contributed by atoms with Crippen LogP contribution in [-0.4, -0.2) is 43.6 Å². The van der Waals surface area contributed by atoms with Crippen molar-refractivity contribution >= 4 is 16.7 Å². The molecular weight excluding hydrogens is 432 g/mol. The van der Waals surface area contributed by atoms with Gasteiger partial charge in [-0.05, 0) is 110 Å². The maximum atomic E-state index is 13.2. The summed E-state index contributed by atoms with van der Waals surface area (Å²) in [5.41, 5.74) is 2.19. The number of fused-ring (bicyclic) bond motifs is 1. The molecule has 5 rings (SSSR count). The second-order valence-electron chi connectivity index (χ2n) is 10.4. The lowest BCUT2D eigenvalue weighted by Gasteiger charge is -2.32. The van der Waals surface area contributed by atoms with Gasteiger partial charge < -0.3 is 15.0 Å². The van der Waals surface area contributed by atoms with Crippen LogP contribution in [0.2, 0.25) is 0 Å². The van der Waals surface area contributed by atoms with Gasteiger partial charge in [-0.15, -0.1) is 0 Å². The monoisotopic (exact) mass is 470 g/mol. The molecule has 0 aromatic heterocycles. The summed E-state index contributed by atoms with van der Waals surface area (Å²) >= 11 is 0. The molecule has 0 spiro atoms. The summed E-state index contributed by atoms with van der Waals surface area (Å²) in [5.74, 6) is 2.53. The zero-order valence-corrected chi connectivity index (χ0v) is 20.8. The molecule has 0 bridgehead atoms. The number of ether oxygens (including phenoxy) is 1. The first kappa shape index (κ1) is 23.9. The van der Waals surface area contributed by atoms with Crippen molar-refractivity contribution < 1.29 is 9.53 Å². The second-order valence-corrected chi connectivity index (χ2v) is 10.4. The third kappa shape index (κ3) is 6.43. The minimum absolute atomic E-state index is 0.155. The number of benzene rings is 3. The molecule has 1 amide bonds. The Morgan fingerprint density at radius 1 is 0.914 bits per heavy atom. The fraction of sp³-hybridized carbons (Fsp3) is 0.452. The number of piperidine rings is 2. The molecule has 4 nitrogen and oxygen atoms in total. The molecule has 3 aromatic rings. The highest BCUT2D eigenvalue weighted by Gasteiger charge is 2.24. The Morgan fingerprint density at radius 2 is 1.71 bits per heavy atom. The van der Waals surface area contributed by atoms with Crippen molar-refractivity contribution in [1.82, 2.24) is 10.2 Å². The van der Waals surface area contributed by atoms with Gasteiger partial charge in [-0.25, -0.2) is 0 Å². The zero-order valence-electron chi connectivity index (χ0n) is 20.8. The van der Waals surface area contributed by atoms with Crippen molar-refractivity contribution in [3.05, 3.63) is 77.9 Å². The molecule has 0 radical (unpaired) electrons. The van der Waals surface area contributed by atoms with Crippen LogP contribution in [0.15, 0.2) is 66.7 Å². The number of rotatable bonds is 8. The Labute approximate surface area is 209 Å². The average molecular weight is 471 g/mol. The minimum Gasteiger partial charge on any atom is -0.494 e. The Balaban J connectivity index is 1.12. The number of amides is 1. The molecule has 2 heterocycles. The minimum atomic E-state index is 0.155. The van der Waals surface area contributed by atoms with Crippen LogP contribution in [0, 0.1) is 11.8 Å². The van der Waals surface area contributed by atoms with Crippen LogP contribution < -0.4 is 10.1 Å². The molecule has 1 unspecified atom stereocenters. The largest absolute Gasteiger partial charge is 0.494 e. The summed E-state index contributed by atoms with van der Waals surface area (Å²) in [4.78, 5) is 15.2. The molecule has 0 saturated carbocycles. The van der Waals surface area contributed by atoms with E-state index in [2.05, 4.69) is 53.8 Å². The lowest BCUT2D eigenvalue weighted by Crippen LogP contribution is -2.38. The van der Waals surface area contributed by atoms with Crippen LogP contribution >= 0.6 is 0 Å². The van der Waals surface area contributed by atoms with Crippen LogP contribution in [-0.2, 0) is 6.42 Å². The molecule has 4 heteroatoms. The second kappa shape index (κ2) is 11.7. The predicted octanol–water partition coefficient (Wildman–Crippen LogP) is 6.09. The SMILES string of the molecule is O=C(c1ccc2cc(OCCCC3CCCNC3)ccc2c1)N1CCC(Cc2ccccc2)CC1. The highest BCUT2D eigenvalue weighted by Crippen LogP contribution is 2.26. The lowest BCUT2D eigenvalue weighted by atomic mass is 9.90. The fourth-order valence-corrected chi connectivity index (χ4v) is 5.65. The molecule has 1 N–H and O–H groups in total. The van der Waals surface area contributed by atoms with Crippen molar-refractivity contribution in [2.45, 2.75) is 44.9 Å². The number of hydrogen-bond acceptors (Lipinski definition) is 3. The predicted molar refractivity (Wildman–Crippen MR) is 143 cm³/mol. The molecule has 2 saturated heterocycles. The van der Waals surface area contributed by atoms with Crippen LogP contribution in [0.25, 0.3) is 10.8 Å². The van der Waals surface area contributed by atoms with Crippen LogP contribution in [0.5, 0.6) is 5.75 Å². The van der Waals surface area contributed by atoms with Gasteiger partial charge in [0.05, 0.1) is 6.61 Å². The smallest absolute Gasteiger partial charge is 0.253 e. The van der Waals surface area contributed by atoms with E-state index < -0.39 is 0 Å². The first-order chi connectivity index (χ1) is 17.2. The van der Waals surface area contributed by atoms with E-state index in [1.54, 1.807) is 0 Å². The molecule has 1 atom stereocenters. The van der Waals surface area contributed by atoms with Crippen molar-refractivity contribution in [2.75, 3.05) is 32.8 Å². The van der Waals surface area contributed by atoms with E-state index in [0.29, 0.717) is 5.92 Å². The van der Waals surface area contributed by atoms with Crippen molar-refractivity contribution in [3.8, 4) is 5.75 Å². The highest BCUT2D eigenvalue weighted by molar-refractivity contribution is 5.98.